The van der Waals surface area contributed by atoms with Gasteiger partial charge in [-0.2, -0.15) is 5.10 Å². The fourth-order valence-electron chi connectivity index (χ4n) is 1.97. The molecular weight excluding hydrogens is 262 g/mol. The van der Waals surface area contributed by atoms with Gasteiger partial charge < -0.3 is 4.84 Å². The molecule has 0 N–H and O–H groups in total. The first-order chi connectivity index (χ1) is 10.4. The van der Waals surface area contributed by atoms with E-state index < -0.39 is 0 Å². The Morgan fingerprint density at radius 3 is 2.43 bits per heavy atom. The van der Waals surface area contributed by atoms with Crippen LogP contribution in [0.2, 0.25) is 0 Å². The van der Waals surface area contributed by atoms with E-state index in [9.17, 15) is 0 Å². The minimum atomic E-state index is 0.455. The van der Waals surface area contributed by atoms with Crippen molar-refractivity contribution in [2.24, 2.45) is 5.16 Å². The number of oxime groups is 1. The monoisotopic (exact) mass is 277 g/mol. The fraction of sp³-hybridized carbons (Fsp3) is 0.0588. The lowest BCUT2D eigenvalue weighted by atomic mass is 10.2. The smallest absolute Gasteiger partial charge is 0.142 e. The summed E-state index contributed by atoms with van der Waals surface area (Å²) in [7, 11) is 0. The van der Waals surface area contributed by atoms with Gasteiger partial charge in [-0.1, -0.05) is 53.7 Å². The van der Waals surface area contributed by atoms with Crippen molar-refractivity contribution in [1.29, 1.82) is 0 Å². The highest BCUT2D eigenvalue weighted by molar-refractivity contribution is 5.77. The Kier molecular flexibility index (Phi) is 4.07. The molecule has 0 atom stereocenters. The van der Waals surface area contributed by atoms with E-state index >= 15 is 0 Å². The molecule has 0 bridgehead atoms. The highest BCUT2D eigenvalue weighted by Gasteiger charge is 2.01. The van der Waals surface area contributed by atoms with Gasteiger partial charge in [-0.15, -0.1) is 0 Å². The Bertz CT molecular complexity index is 705. The van der Waals surface area contributed by atoms with E-state index in [1.54, 1.807) is 12.4 Å². The molecular formula is C17H15N3O. The molecule has 2 aromatic carbocycles. The van der Waals surface area contributed by atoms with Crippen molar-refractivity contribution in [3.63, 3.8) is 0 Å². The third-order valence-corrected chi connectivity index (χ3v) is 3.01. The van der Waals surface area contributed by atoms with Gasteiger partial charge in [-0.05, 0) is 23.8 Å². The zero-order chi connectivity index (χ0) is 14.3. The SMILES string of the molecule is C(=N\OCc1ccccc1)/c1ccnn1-c1ccccc1. The molecule has 0 aliphatic rings. The number of rotatable bonds is 5. The zero-order valence-corrected chi connectivity index (χ0v) is 11.5. The van der Waals surface area contributed by atoms with Crippen molar-refractivity contribution in [2.75, 3.05) is 0 Å². The van der Waals surface area contributed by atoms with Gasteiger partial charge in [0.2, 0.25) is 0 Å². The molecule has 0 unspecified atom stereocenters. The number of nitrogens with zero attached hydrogens (tertiary/aromatic N) is 3. The van der Waals surface area contributed by atoms with Gasteiger partial charge >= 0.3 is 0 Å². The highest BCUT2D eigenvalue weighted by atomic mass is 16.6. The summed E-state index contributed by atoms with van der Waals surface area (Å²) in [5.74, 6) is 0. The van der Waals surface area contributed by atoms with Crippen molar-refractivity contribution < 1.29 is 4.84 Å². The predicted octanol–water partition coefficient (Wildman–Crippen LogP) is 3.42. The third-order valence-electron chi connectivity index (χ3n) is 3.01. The van der Waals surface area contributed by atoms with Crippen LogP contribution in [0.25, 0.3) is 5.69 Å². The molecule has 0 aliphatic carbocycles. The van der Waals surface area contributed by atoms with Gasteiger partial charge in [0.15, 0.2) is 0 Å². The van der Waals surface area contributed by atoms with Crippen molar-refractivity contribution >= 4 is 6.21 Å². The molecule has 0 radical (unpaired) electrons. The molecule has 21 heavy (non-hydrogen) atoms. The first-order valence-electron chi connectivity index (χ1n) is 6.72. The van der Waals surface area contributed by atoms with Crippen LogP contribution in [0.15, 0.2) is 78.1 Å². The maximum atomic E-state index is 5.31. The fourth-order valence-corrected chi connectivity index (χ4v) is 1.97. The summed E-state index contributed by atoms with van der Waals surface area (Å²) < 4.78 is 1.81. The van der Waals surface area contributed by atoms with E-state index in [2.05, 4.69) is 10.3 Å². The quantitative estimate of drug-likeness (QED) is 0.529. The second kappa shape index (κ2) is 6.52. The predicted molar refractivity (Wildman–Crippen MR) is 82.4 cm³/mol. The molecule has 0 saturated carbocycles. The summed E-state index contributed by atoms with van der Waals surface area (Å²) in [4.78, 5) is 5.31. The summed E-state index contributed by atoms with van der Waals surface area (Å²) in [6.07, 6.45) is 3.41. The van der Waals surface area contributed by atoms with Gasteiger partial charge in [-0.25, -0.2) is 4.68 Å². The van der Waals surface area contributed by atoms with E-state index in [1.807, 2.05) is 71.4 Å². The van der Waals surface area contributed by atoms with E-state index in [-0.39, 0.29) is 0 Å². The van der Waals surface area contributed by atoms with Crippen LogP contribution in [0, 0.1) is 0 Å². The second-order valence-corrected chi connectivity index (χ2v) is 4.50. The van der Waals surface area contributed by atoms with E-state index in [0.29, 0.717) is 6.61 Å². The molecule has 0 spiro atoms. The first kappa shape index (κ1) is 13.1. The van der Waals surface area contributed by atoms with Gasteiger partial charge in [0.1, 0.15) is 6.61 Å². The minimum absolute atomic E-state index is 0.455. The zero-order valence-electron chi connectivity index (χ0n) is 11.5. The Hall–Kier alpha value is -2.88. The van der Waals surface area contributed by atoms with Crippen LogP contribution in [0.3, 0.4) is 0 Å². The van der Waals surface area contributed by atoms with Crippen molar-refractivity contribution in [3.8, 4) is 5.69 Å². The maximum Gasteiger partial charge on any atom is 0.142 e. The second-order valence-electron chi connectivity index (χ2n) is 4.50. The van der Waals surface area contributed by atoms with Crippen LogP contribution >= 0.6 is 0 Å². The van der Waals surface area contributed by atoms with Crippen LogP contribution < -0.4 is 0 Å². The first-order valence-corrected chi connectivity index (χ1v) is 6.72. The van der Waals surface area contributed by atoms with Crippen LogP contribution in [0.4, 0.5) is 0 Å². The van der Waals surface area contributed by atoms with Crippen LogP contribution in [0.5, 0.6) is 0 Å². The lowest BCUT2D eigenvalue weighted by Gasteiger charge is -2.03. The standard InChI is InChI=1S/C17H15N3O/c1-3-7-15(8-4-1)14-21-19-13-17-11-12-18-20(17)16-9-5-2-6-10-16/h1-13H,14H2/b19-13+. The Morgan fingerprint density at radius 2 is 1.67 bits per heavy atom. The number of para-hydroxylation sites is 1. The lowest BCUT2D eigenvalue weighted by Crippen LogP contribution is -2.01. The molecule has 0 amide bonds. The lowest BCUT2D eigenvalue weighted by molar-refractivity contribution is 0.132. The Morgan fingerprint density at radius 1 is 0.952 bits per heavy atom. The van der Waals surface area contributed by atoms with E-state index in [1.165, 1.54) is 0 Å². The molecule has 3 aromatic rings. The van der Waals surface area contributed by atoms with Crippen LogP contribution in [-0.2, 0) is 11.4 Å². The molecule has 104 valence electrons. The molecule has 4 heteroatoms. The van der Waals surface area contributed by atoms with Crippen LogP contribution in [0.1, 0.15) is 11.3 Å². The highest BCUT2D eigenvalue weighted by Crippen LogP contribution is 2.08. The van der Waals surface area contributed by atoms with Gasteiger partial charge in [0, 0.05) is 0 Å². The van der Waals surface area contributed by atoms with E-state index in [0.717, 1.165) is 16.9 Å². The van der Waals surface area contributed by atoms with Crippen LogP contribution in [-0.4, -0.2) is 16.0 Å². The Labute approximate surface area is 123 Å². The summed E-state index contributed by atoms with van der Waals surface area (Å²) >= 11 is 0. The number of hydrogen-bond donors (Lipinski definition) is 0. The number of aromatic nitrogens is 2. The molecule has 1 aromatic heterocycles. The van der Waals surface area contributed by atoms with Gasteiger partial charge in [-0.3, -0.25) is 0 Å². The summed E-state index contributed by atoms with van der Waals surface area (Å²) in [6.45, 7) is 0.455. The number of hydrogen-bond acceptors (Lipinski definition) is 3. The normalized spacial score (nSPS) is 10.9. The maximum absolute atomic E-state index is 5.31. The topological polar surface area (TPSA) is 39.4 Å². The average molecular weight is 277 g/mol. The van der Waals surface area contributed by atoms with E-state index in [4.69, 9.17) is 4.84 Å². The third kappa shape index (κ3) is 3.36. The van der Waals surface area contributed by atoms with Crippen molar-refractivity contribution in [3.05, 3.63) is 84.2 Å². The Balaban J connectivity index is 1.66. The molecule has 0 fully saturated rings. The largest absolute Gasteiger partial charge is 0.391 e. The molecule has 3 rings (SSSR count). The number of benzene rings is 2. The van der Waals surface area contributed by atoms with Gasteiger partial charge in [0.25, 0.3) is 0 Å². The summed E-state index contributed by atoms with van der Waals surface area (Å²) in [6, 6.07) is 21.8. The molecule has 4 nitrogen and oxygen atoms in total. The van der Waals surface area contributed by atoms with Gasteiger partial charge in [0.05, 0.1) is 23.8 Å². The molecule has 1 heterocycles. The van der Waals surface area contributed by atoms with Crippen molar-refractivity contribution in [2.45, 2.75) is 6.61 Å². The minimum Gasteiger partial charge on any atom is -0.391 e. The summed E-state index contributed by atoms with van der Waals surface area (Å²) in [5, 5.41) is 8.30. The average Bonchev–Trinajstić information content (AvgIpc) is 3.02. The molecule has 0 saturated heterocycles. The molecule has 0 aliphatic heterocycles. The van der Waals surface area contributed by atoms with Crippen molar-refractivity contribution in [1.82, 2.24) is 9.78 Å². The summed E-state index contributed by atoms with van der Waals surface area (Å²) in [5.41, 5.74) is 2.95.